The SMILES string of the molecule is Clc1nc2ccc(I)nc2s1. The van der Waals surface area contributed by atoms with Gasteiger partial charge >= 0.3 is 0 Å². The Morgan fingerprint density at radius 3 is 3.00 bits per heavy atom. The van der Waals surface area contributed by atoms with E-state index >= 15 is 0 Å². The Morgan fingerprint density at radius 2 is 2.18 bits per heavy atom. The van der Waals surface area contributed by atoms with Crippen LogP contribution in [0.5, 0.6) is 0 Å². The molecule has 2 nitrogen and oxygen atoms in total. The molecule has 0 amide bonds. The van der Waals surface area contributed by atoms with E-state index in [-0.39, 0.29) is 0 Å². The Morgan fingerprint density at radius 1 is 1.36 bits per heavy atom. The van der Waals surface area contributed by atoms with E-state index in [2.05, 4.69) is 32.6 Å². The summed E-state index contributed by atoms with van der Waals surface area (Å²) < 4.78 is 1.52. The summed E-state index contributed by atoms with van der Waals surface area (Å²) in [6.07, 6.45) is 0. The van der Waals surface area contributed by atoms with Crippen LogP contribution in [0.15, 0.2) is 12.1 Å². The molecule has 2 aromatic heterocycles. The van der Waals surface area contributed by atoms with Crippen molar-refractivity contribution in [3.63, 3.8) is 0 Å². The van der Waals surface area contributed by atoms with Gasteiger partial charge in [-0.25, -0.2) is 9.97 Å². The summed E-state index contributed by atoms with van der Waals surface area (Å²) in [7, 11) is 0. The van der Waals surface area contributed by atoms with Crippen LogP contribution in [-0.4, -0.2) is 9.97 Å². The molecule has 2 rings (SSSR count). The largest absolute Gasteiger partial charge is 0.229 e. The van der Waals surface area contributed by atoms with Crippen molar-refractivity contribution in [2.24, 2.45) is 0 Å². The number of fused-ring (bicyclic) bond motifs is 1. The zero-order valence-electron chi connectivity index (χ0n) is 5.21. The molecule has 0 unspecified atom stereocenters. The summed E-state index contributed by atoms with van der Waals surface area (Å²) in [5.41, 5.74) is 0.875. The molecule has 0 bridgehead atoms. The monoisotopic (exact) mass is 296 g/mol. The number of halogens is 2. The minimum Gasteiger partial charge on any atom is -0.229 e. The van der Waals surface area contributed by atoms with Crippen molar-refractivity contribution >= 4 is 55.9 Å². The fourth-order valence-corrected chi connectivity index (χ4v) is 2.33. The zero-order chi connectivity index (χ0) is 7.84. The van der Waals surface area contributed by atoms with Gasteiger partial charge in [0.25, 0.3) is 0 Å². The van der Waals surface area contributed by atoms with Crippen LogP contribution >= 0.6 is 45.5 Å². The lowest BCUT2D eigenvalue weighted by molar-refractivity contribution is 1.35. The third-order valence-corrected chi connectivity index (χ3v) is 2.87. The van der Waals surface area contributed by atoms with E-state index in [0.717, 1.165) is 14.0 Å². The molecule has 0 spiro atoms. The highest BCUT2D eigenvalue weighted by atomic mass is 127. The number of rotatable bonds is 0. The fourth-order valence-electron chi connectivity index (χ4n) is 0.768. The molecule has 0 fully saturated rings. The number of aromatic nitrogens is 2. The Labute approximate surface area is 85.8 Å². The van der Waals surface area contributed by atoms with E-state index in [1.165, 1.54) is 11.3 Å². The second kappa shape index (κ2) is 2.84. The first-order valence-corrected chi connectivity index (χ1v) is 5.11. The minimum atomic E-state index is 0.550. The molecular weight excluding hydrogens is 295 g/mol. The molecule has 0 atom stereocenters. The van der Waals surface area contributed by atoms with Gasteiger partial charge in [-0.3, -0.25) is 0 Å². The first-order valence-electron chi connectivity index (χ1n) is 2.84. The van der Waals surface area contributed by atoms with Crippen LogP contribution in [0.25, 0.3) is 10.3 Å². The van der Waals surface area contributed by atoms with Crippen molar-refractivity contribution in [1.82, 2.24) is 9.97 Å². The molecule has 0 aromatic carbocycles. The average molecular weight is 297 g/mol. The molecule has 2 aromatic rings. The van der Waals surface area contributed by atoms with Crippen LogP contribution < -0.4 is 0 Å². The first-order chi connectivity index (χ1) is 5.25. The number of hydrogen-bond donors (Lipinski definition) is 0. The molecule has 0 aliphatic rings. The third kappa shape index (κ3) is 1.47. The van der Waals surface area contributed by atoms with Crippen molar-refractivity contribution in [1.29, 1.82) is 0 Å². The lowest BCUT2D eigenvalue weighted by Gasteiger charge is -1.86. The Hall–Kier alpha value is 0.0600. The second-order valence-corrected chi connectivity index (χ2v) is 4.59. The lowest BCUT2D eigenvalue weighted by Crippen LogP contribution is -1.76. The molecule has 0 radical (unpaired) electrons. The number of nitrogens with zero attached hydrogens (tertiary/aromatic N) is 2. The van der Waals surface area contributed by atoms with Gasteiger partial charge < -0.3 is 0 Å². The number of pyridine rings is 1. The van der Waals surface area contributed by atoms with Gasteiger partial charge in [-0.05, 0) is 34.7 Å². The second-order valence-electron chi connectivity index (χ2n) is 1.93. The maximum Gasteiger partial charge on any atom is 0.186 e. The summed E-state index contributed by atoms with van der Waals surface area (Å²) in [6.45, 7) is 0. The molecule has 0 N–H and O–H groups in total. The third-order valence-electron chi connectivity index (χ3n) is 1.20. The molecule has 5 heteroatoms. The van der Waals surface area contributed by atoms with Gasteiger partial charge in [-0.15, -0.1) is 0 Å². The minimum absolute atomic E-state index is 0.550. The van der Waals surface area contributed by atoms with Gasteiger partial charge in [-0.1, -0.05) is 22.9 Å². The summed E-state index contributed by atoms with van der Waals surface area (Å²) >= 11 is 9.27. The van der Waals surface area contributed by atoms with Crippen molar-refractivity contribution in [3.05, 3.63) is 20.3 Å². The maximum absolute atomic E-state index is 5.70. The van der Waals surface area contributed by atoms with Crippen LogP contribution in [0.2, 0.25) is 4.47 Å². The lowest BCUT2D eigenvalue weighted by atomic mass is 10.5. The van der Waals surface area contributed by atoms with E-state index in [9.17, 15) is 0 Å². The zero-order valence-corrected chi connectivity index (χ0v) is 8.94. The topological polar surface area (TPSA) is 25.8 Å². The Balaban J connectivity index is 2.82. The molecule has 2 heterocycles. The Kier molecular flexibility index (Phi) is 1.98. The highest BCUT2D eigenvalue weighted by Crippen LogP contribution is 2.23. The number of hydrogen-bond acceptors (Lipinski definition) is 3. The van der Waals surface area contributed by atoms with E-state index < -0.39 is 0 Å². The van der Waals surface area contributed by atoms with Gasteiger partial charge in [0.15, 0.2) is 4.47 Å². The molecule has 0 aliphatic carbocycles. The highest BCUT2D eigenvalue weighted by Gasteiger charge is 2.01. The predicted octanol–water partition coefficient (Wildman–Crippen LogP) is 2.95. The quantitative estimate of drug-likeness (QED) is 0.552. The summed E-state index contributed by atoms with van der Waals surface area (Å²) in [6, 6.07) is 3.84. The van der Waals surface area contributed by atoms with Crippen LogP contribution in [-0.2, 0) is 0 Å². The fraction of sp³-hybridized carbons (Fsp3) is 0. The van der Waals surface area contributed by atoms with Gasteiger partial charge in [0.2, 0.25) is 0 Å². The molecule has 11 heavy (non-hydrogen) atoms. The van der Waals surface area contributed by atoms with Crippen molar-refractivity contribution < 1.29 is 0 Å². The molecule has 0 aliphatic heterocycles. The van der Waals surface area contributed by atoms with Crippen LogP contribution in [0.3, 0.4) is 0 Å². The molecular formula is C6H2ClIN2S. The smallest absolute Gasteiger partial charge is 0.186 e. The van der Waals surface area contributed by atoms with Crippen LogP contribution in [0, 0.1) is 3.70 Å². The van der Waals surface area contributed by atoms with Gasteiger partial charge in [0, 0.05) is 0 Å². The average Bonchev–Trinajstić information content (AvgIpc) is 2.27. The maximum atomic E-state index is 5.70. The van der Waals surface area contributed by atoms with E-state index in [1.54, 1.807) is 0 Å². The van der Waals surface area contributed by atoms with Gasteiger partial charge in [-0.2, -0.15) is 0 Å². The molecule has 56 valence electrons. The standard InChI is InChI=1S/C6H2ClIN2S/c7-6-9-3-1-2-4(8)10-5(3)11-6/h1-2H. The first kappa shape index (κ1) is 7.70. The van der Waals surface area contributed by atoms with Gasteiger partial charge in [0.1, 0.15) is 14.0 Å². The Bertz CT molecular complexity index is 400. The highest BCUT2D eigenvalue weighted by molar-refractivity contribution is 14.1. The molecule has 0 saturated carbocycles. The van der Waals surface area contributed by atoms with Crippen LogP contribution in [0.4, 0.5) is 0 Å². The summed E-state index contributed by atoms with van der Waals surface area (Å²) in [4.78, 5) is 9.23. The van der Waals surface area contributed by atoms with Gasteiger partial charge in [0.05, 0.1) is 0 Å². The normalized spacial score (nSPS) is 10.7. The van der Waals surface area contributed by atoms with Crippen LogP contribution in [0.1, 0.15) is 0 Å². The predicted molar refractivity (Wildman–Crippen MR) is 55.1 cm³/mol. The van der Waals surface area contributed by atoms with Crippen molar-refractivity contribution in [2.75, 3.05) is 0 Å². The number of thiazole rings is 1. The van der Waals surface area contributed by atoms with Crippen molar-refractivity contribution in [3.8, 4) is 0 Å². The molecule has 0 saturated heterocycles. The van der Waals surface area contributed by atoms with Crippen molar-refractivity contribution in [2.45, 2.75) is 0 Å². The van der Waals surface area contributed by atoms with E-state index in [0.29, 0.717) is 4.47 Å². The summed E-state index contributed by atoms with van der Waals surface area (Å²) in [5, 5.41) is 0. The summed E-state index contributed by atoms with van der Waals surface area (Å²) in [5.74, 6) is 0. The van der Waals surface area contributed by atoms with E-state index in [1.807, 2.05) is 12.1 Å². The van der Waals surface area contributed by atoms with E-state index in [4.69, 9.17) is 11.6 Å².